The normalized spacial score (nSPS) is 41.5. The van der Waals surface area contributed by atoms with Crippen molar-refractivity contribution in [3.05, 3.63) is 0 Å². The van der Waals surface area contributed by atoms with Crippen LogP contribution in [0.25, 0.3) is 0 Å². The van der Waals surface area contributed by atoms with E-state index in [9.17, 15) is 14.7 Å². The molecule has 3 unspecified atom stereocenters. The van der Waals surface area contributed by atoms with Crippen LogP contribution >= 0.6 is 0 Å². The lowest BCUT2D eigenvalue weighted by Gasteiger charge is -2.49. The van der Waals surface area contributed by atoms with E-state index in [-0.39, 0.29) is 24.4 Å². The monoisotopic (exact) mass is 238 g/mol. The van der Waals surface area contributed by atoms with E-state index in [0.29, 0.717) is 6.42 Å². The van der Waals surface area contributed by atoms with Gasteiger partial charge in [0.1, 0.15) is 0 Å². The molecule has 2 N–H and O–H groups in total. The van der Waals surface area contributed by atoms with E-state index >= 15 is 0 Å². The summed E-state index contributed by atoms with van der Waals surface area (Å²) in [5, 5.41) is 12.4. The molecular weight excluding hydrogens is 220 g/mol. The fourth-order valence-corrected chi connectivity index (χ4v) is 3.80. The van der Waals surface area contributed by atoms with Crippen molar-refractivity contribution in [2.24, 2.45) is 5.41 Å². The van der Waals surface area contributed by atoms with Gasteiger partial charge in [-0.1, -0.05) is 6.42 Å². The quantitative estimate of drug-likeness (QED) is 0.685. The van der Waals surface area contributed by atoms with E-state index in [1.165, 1.54) is 6.42 Å². The molecule has 3 aliphatic heterocycles. The Hall–Kier alpha value is -1.10. The molecule has 3 rings (SSSR count). The van der Waals surface area contributed by atoms with Crippen molar-refractivity contribution in [3.63, 3.8) is 0 Å². The number of aliphatic carboxylic acids is 1. The highest BCUT2D eigenvalue weighted by atomic mass is 16.4. The minimum Gasteiger partial charge on any atom is -0.481 e. The number of hydrogen-bond acceptors (Lipinski definition) is 3. The minimum absolute atomic E-state index is 0.0928. The maximum atomic E-state index is 11.6. The molecule has 94 valence electrons. The van der Waals surface area contributed by atoms with Crippen LogP contribution < -0.4 is 5.32 Å². The van der Waals surface area contributed by atoms with Gasteiger partial charge in [0.15, 0.2) is 0 Å². The molecule has 1 amide bonds. The second-order valence-electron chi connectivity index (χ2n) is 5.53. The second kappa shape index (κ2) is 3.70. The number of carboxylic acid groups (broad SMARTS) is 1. The van der Waals surface area contributed by atoms with Gasteiger partial charge < -0.3 is 10.4 Å². The van der Waals surface area contributed by atoms with Crippen LogP contribution in [-0.2, 0) is 9.59 Å². The lowest BCUT2D eigenvalue weighted by molar-refractivity contribution is -0.155. The van der Waals surface area contributed by atoms with Crippen LogP contribution in [0.1, 0.15) is 32.1 Å². The predicted molar refractivity (Wildman–Crippen MR) is 60.4 cm³/mol. The van der Waals surface area contributed by atoms with E-state index in [1.807, 2.05) is 0 Å². The Labute approximate surface area is 100 Å². The number of nitrogens with zero attached hydrogens (tertiary/aromatic N) is 1. The van der Waals surface area contributed by atoms with Crippen LogP contribution in [0.5, 0.6) is 0 Å². The summed E-state index contributed by atoms with van der Waals surface area (Å²) in [6.45, 7) is 1.87. The van der Waals surface area contributed by atoms with Gasteiger partial charge in [0.05, 0.1) is 11.5 Å². The zero-order valence-electron chi connectivity index (χ0n) is 9.82. The van der Waals surface area contributed by atoms with Crippen LogP contribution in [0.2, 0.25) is 0 Å². The third-order valence-electron chi connectivity index (χ3n) is 4.71. The number of carbonyl (C=O) groups is 2. The van der Waals surface area contributed by atoms with Crippen LogP contribution in [0.3, 0.4) is 0 Å². The van der Waals surface area contributed by atoms with Gasteiger partial charge >= 0.3 is 5.97 Å². The molecule has 0 aromatic heterocycles. The molecule has 5 nitrogen and oxygen atoms in total. The van der Waals surface area contributed by atoms with Gasteiger partial charge in [-0.05, 0) is 32.4 Å². The van der Waals surface area contributed by atoms with Gasteiger partial charge in [0.2, 0.25) is 5.91 Å². The summed E-state index contributed by atoms with van der Waals surface area (Å²) in [4.78, 5) is 25.5. The molecule has 5 heteroatoms. The molecule has 0 aromatic rings. The topological polar surface area (TPSA) is 69.6 Å². The molecule has 0 spiro atoms. The van der Waals surface area contributed by atoms with Crippen molar-refractivity contribution < 1.29 is 14.7 Å². The van der Waals surface area contributed by atoms with Crippen molar-refractivity contribution in [1.29, 1.82) is 0 Å². The summed E-state index contributed by atoms with van der Waals surface area (Å²) in [5.74, 6) is -0.893. The van der Waals surface area contributed by atoms with Crippen molar-refractivity contribution in [2.75, 3.05) is 13.1 Å². The fourth-order valence-electron chi connectivity index (χ4n) is 3.80. The maximum absolute atomic E-state index is 11.6. The Morgan fingerprint density at radius 1 is 1.41 bits per heavy atom. The summed E-state index contributed by atoms with van der Waals surface area (Å²) < 4.78 is 0. The standard InChI is InChI=1S/C12H18N2O3/c15-9-7-12(11(16)17)4-6-14-5-2-1-3-8(14)10(12)13-9/h8,10H,1-7H2,(H,13,15)(H,16,17). The fraction of sp³-hybridized carbons (Fsp3) is 0.833. The molecule has 3 aliphatic rings. The molecule has 0 bridgehead atoms. The van der Waals surface area contributed by atoms with Crippen molar-refractivity contribution in [1.82, 2.24) is 10.2 Å². The first kappa shape index (κ1) is 11.0. The van der Waals surface area contributed by atoms with Gasteiger partial charge in [-0.2, -0.15) is 0 Å². The van der Waals surface area contributed by atoms with Crippen LogP contribution in [0.4, 0.5) is 0 Å². The van der Waals surface area contributed by atoms with Crippen LogP contribution in [0.15, 0.2) is 0 Å². The van der Waals surface area contributed by atoms with Crippen LogP contribution in [0, 0.1) is 5.41 Å². The molecule has 0 radical (unpaired) electrons. The zero-order chi connectivity index (χ0) is 12.0. The number of fused-ring (bicyclic) bond motifs is 3. The molecule has 3 saturated heterocycles. The average molecular weight is 238 g/mol. The van der Waals surface area contributed by atoms with E-state index in [0.717, 1.165) is 25.9 Å². The number of hydrogen-bond donors (Lipinski definition) is 2. The Morgan fingerprint density at radius 3 is 3.00 bits per heavy atom. The number of carbonyl (C=O) groups excluding carboxylic acids is 1. The molecule has 3 atom stereocenters. The average Bonchev–Trinajstić information content (AvgIpc) is 2.67. The first-order valence-corrected chi connectivity index (χ1v) is 6.40. The van der Waals surface area contributed by atoms with Crippen molar-refractivity contribution in [3.8, 4) is 0 Å². The largest absolute Gasteiger partial charge is 0.481 e. The molecule has 17 heavy (non-hydrogen) atoms. The first-order valence-electron chi connectivity index (χ1n) is 6.40. The molecule has 3 heterocycles. The van der Waals surface area contributed by atoms with E-state index in [1.54, 1.807) is 0 Å². The minimum atomic E-state index is -0.838. The van der Waals surface area contributed by atoms with Gasteiger partial charge in [0.25, 0.3) is 0 Å². The summed E-state index contributed by atoms with van der Waals surface area (Å²) in [6, 6.07) is 0.0570. The molecule has 0 aromatic carbocycles. The van der Waals surface area contributed by atoms with E-state index in [4.69, 9.17) is 0 Å². The van der Waals surface area contributed by atoms with Gasteiger partial charge in [0, 0.05) is 12.5 Å². The highest BCUT2D eigenvalue weighted by Gasteiger charge is 2.58. The summed E-state index contributed by atoms with van der Waals surface area (Å²) in [5.41, 5.74) is -0.838. The smallest absolute Gasteiger partial charge is 0.312 e. The third-order valence-corrected chi connectivity index (χ3v) is 4.71. The summed E-state index contributed by atoms with van der Waals surface area (Å²) >= 11 is 0. The number of amides is 1. The Balaban J connectivity index is 1.93. The lowest BCUT2D eigenvalue weighted by atomic mass is 9.69. The second-order valence-corrected chi connectivity index (χ2v) is 5.53. The van der Waals surface area contributed by atoms with Crippen LogP contribution in [-0.4, -0.2) is 47.1 Å². The molecule has 0 aliphatic carbocycles. The molecule has 3 fully saturated rings. The van der Waals surface area contributed by atoms with Gasteiger partial charge in [-0.15, -0.1) is 0 Å². The van der Waals surface area contributed by atoms with Gasteiger partial charge in [-0.25, -0.2) is 0 Å². The Morgan fingerprint density at radius 2 is 2.24 bits per heavy atom. The first-order chi connectivity index (χ1) is 8.13. The summed E-state index contributed by atoms with van der Waals surface area (Å²) in [7, 11) is 0. The zero-order valence-corrected chi connectivity index (χ0v) is 9.82. The SMILES string of the molecule is O=C1CC2(C(=O)O)CCN3CCCCC3C2N1. The highest BCUT2D eigenvalue weighted by Crippen LogP contribution is 2.44. The molecular formula is C12H18N2O3. The van der Waals surface area contributed by atoms with E-state index in [2.05, 4.69) is 10.2 Å². The van der Waals surface area contributed by atoms with E-state index < -0.39 is 11.4 Å². The number of rotatable bonds is 1. The third kappa shape index (κ3) is 1.48. The van der Waals surface area contributed by atoms with Crippen molar-refractivity contribution in [2.45, 2.75) is 44.2 Å². The number of carboxylic acids is 1. The van der Waals surface area contributed by atoms with Crippen molar-refractivity contribution >= 4 is 11.9 Å². The summed E-state index contributed by atoms with van der Waals surface area (Å²) in [6.07, 6.45) is 4.11. The molecule has 0 saturated carbocycles. The highest BCUT2D eigenvalue weighted by molar-refractivity contribution is 5.90. The lowest BCUT2D eigenvalue weighted by Crippen LogP contribution is -2.62. The Kier molecular flexibility index (Phi) is 2.40. The van der Waals surface area contributed by atoms with Gasteiger partial charge in [-0.3, -0.25) is 14.5 Å². The Bertz CT molecular complexity index is 371. The predicted octanol–water partition coefficient (Wildman–Crippen LogP) is 0.204. The number of nitrogens with one attached hydrogen (secondary N) is 1. The number of piperidine rings is 2. The maximum Gasteiger partial charge on any atom is 0.312 e.